The molecule has 6 heterocycles. The maximum absolute atomic E-state index is 13.3. The van der Waals surface area contributed by atoms with Gasteiger partial charge in [0.25, 0.3) is 11.9 Å². The number of fused-ring (bicyclic) bond motifs is 1. The predicted octanol–water partition coefficient (Wildman–Crippen LogP) is 1.18. The van der Waals surface area contributed by atoms with Crippen molar-refractivity contribution in [1.29, 1.82) is 0 Å². The van der Waals surface area contributed by atoms with Crippen LogP contribution in [0.4, 0.5) is 17.5 Å². The molecule has 4 N–H and O–H groups in total. The van der Waals surface area contributed by atoms with Gasteiger partial charge in [-0.2, -0.15) is 4.98 Å². The summed E-state index contributed by atoms with van der Waals surface area (Å²) in [5.41, 5.74) is 1.87. The van der Waals surface area contributed by atoms with Crippen molar-refractivity contribution < 1.29 is 28.9 Å². The van der Waals surface area contributed by atoms with Gasteiger partial charge in [-0.1, -0.05) is 0 Å². The van der Waals surface area contributed by atoms with Crippen LogP contribution in [0.2, 0.25) is 0 Å². The van der Waals surface area contributed by atoms with Gasteiger partial charge in [-0.05, 0) is 31.9 Å². The number of morpholine rings is 1. The van der Waals surface area contributed by atoms with Gasteiger partial charge in [-0.15, -0.1) is 0 Å². The quantitative estimate of drug-likeness (QED) is 0.356. The molecule has 2 unspecified atom stereocenters. The average molecular weight is 538 g/mol. The van der Waals surface area contributed by atoms with Crippen LogP contribution in [0.5, 0.6) is 0 Å². The van der Waals surface area contributed by atoms with E-state index >= 15 is 0 Å². The Balaban J connectivity index is 1.29. The van der Waals surface area contributed by atoms with Crippen LogP contribution < -0.4 is 20.4 Å². The largest absolute Gasteiger partial charge is 0.472 e. The van der Waals surface area contributed by atoms with Gasteiger partial charge in [-0.25, -0.2) is 4.98 Å². The van der Waals surface area contributed by atoms with Crippen molar-refractivity contribution in [3.63, 3.8) is 0 Å². The Kier molecular flexibility index (Phi) is 6.71. The van der Waals surface area contributed by atoms with Gasteiger partial charge in [0, 0.05) is 43.2 Å². The molecule has 3 aliphatic rings. The van der Waals surface area contributed by atoms with E-state index in [1.807, 2.05) is 28.9 Å². The highest BCUT2D eigenvalue weighted by Crippen LogP contribution is 2.34. The summed E-state index contributed by atoms with van der Waals surface area (Å²) in [4.78, 5) is 30.7. The van der Waals surface area contributed by atoms with E-state index in [2.05, 4.69) is 20.6 Å². The highest BCUT2D eigenvalue weighted by atomic mass is 16.5. The summed E-state index contributed by atoms with van der Waals surface area (Å²) >= 11 is 0. The molecule has 2 atom stereocenters. The first-order valence-corrected chi connectivity index (χ1v) is 13.0. The van der Waals surface area contributed by atoms with E-state index in [0.29, 0.717) is 74.4 Å². The van der Waals surface area contributed by atoms with Gasteiger partial charge >= 0.3 is 0 Å². The van der Waals surface area contributed by atoms with Crippen molar-refractivity contribution in [1.82, 2.24) is 20.3 Å². The summed E-state index contributed by atoms with van der Waals surface area (Å²) in [6.07, 6.45) is 3.68. The molecule has 6 rings (SSSR count). The van der Waals surface area contributed by atoms with Crippen LogP contribution in [0.25, 0.3) is 11.2 Å². The van der Waals surface area contributed by atoms with E-state index in [4.69, 9.17) is 18.9 Å². The minimum Gasteiger partial charge on any atom is -0.472 e. The molecule has 1 amide bonds. The second kappa shape index (κ2) is 10.3. The molecule has 39 heavy (non-hydrogen) atoms. The normalized spacial score (nSPS) is 23.4. The number of amides is 1. The van der Waals surface area contributed by atoms with E-state index < -0.39 is 17.7 Å². The van der Waals surface area contributed by atoms with Crippen molar-refractivity contribution >= 4 is 34.7 Å². The minimum absolute atomic E-state index is 0.159. The van der Waals surface area contributed by atoms with Gasteiger partial charge in [0.2, 0.25) is 5.65 Å². The number of aryl methyl sites for hydroxylation is 1. The highest BCUT2D eigenvalue weighted by Gasteiger charge is 2.35. The van der Waals surface area contributed by atoms with Crippen molar-refractivity contribution in [2.45, 2.75) is 31.6 Å². The SMILES string of the molecule is Cc1cc(C2NC(C(=O)Nc3cc4oc(N5CCOCC5)nc4nc3N3CCCC(O)(CO)C3)=CO2)ccn1. The van der Waals surface area contributed by atoms with Crippen LogP contribution in [-0.2, 0) is 14.3 Å². The Hall–Kier alpha value is -3.94. The molecule has 0 saturated carbocycles. The number of ether oxygens (including phenoxy) is 2. The number of pyridine rings is 2. The maximum Gasteiger partial charge on any atom is 0.300 e. The lowest BCUT2D eigenvalue weighted by Crippen LogP contribution is -2.51. The fourth-order valence-corrected chi connectivity index (χ4v) is 5.03. The molecule has 3 aliphatic heterocycles. The van der Waals surface area contributed by atoms with Crippen LogP contribution in [0, 0.1) is 6.92 Å². The third-order valence-corrected chi connectivity index (χ3v) is 7.11. The van der Waals surface area contributed by atoms with Crippen LogP contribution in [-0.4, -0.2) is 82.7 Å². The Morgan fingerprint density at radius 3 is 2.87 bits per heavy atom. The number of β-amino-alcohol motifs (C(OH)–C–C–N with tert-alkyl or cyclic N) is 1. The number of nitrogens with one attached hydrogen (secondary N) is 2. The van der Waals surface area contributed by atoms with Crippen LogP contribution in [0.15, 0.2) is 40.8 Å². The lowest BCUT2D eigenvalue weighted by Gasteiger charge is -2.39. The number of piperidine rings is 1. The molecule has 0 radical (unpaired) electrons. The Labute approximate surface area is 224 Å². The third kappa shape index (κ3) is 5.20. The lowest BCUT2D eigenvalue weighted by atomic mass is 9.94. The number of anilines is 3. The molecule has 3 aromatic rings. The number of carbonyl (C=O) groups is 1. The molecule has 0 aromatic carbocycles. The fraction of sp³-hybridized carbons (Fsp3) is 0.462. The van der Waals surface area contributed by atoms with E-state index in [0.717, 1.165) is 11.3 Å². The van der Waals surface area contributed by atoms with Gasteiger partial charge in [0.15, 0.2) is 17.6 Å². The van der Waals surface area contributed by atoms with Gasteiger partial charge in [0.1, 0.15) is 17.6 Å². The number of carbonyl (C=O) groups excluding carboxylic acids is 1. The molecule has 206 valence electrons. The molecular formula is C26H31N7O6. The molecule has 2 fully saturated rings. The van der Waals surface area contributed by atoms with Crippen molar-refractivity contribution in [3.8, 4) is 0 Å². The zero-order valence-electron chi connectivity index (χ0n) is 21.6. The Morgan fingerprint density at radius 2 is 2.08 bits per heavy atom. The smallest absolute Gasteiger partial charge is 0.300 e. The standard InChI is InChI=1S/C26H31N7O6/c1-16-11-17(3-5-27-16)24-29-19(13-38-24)23(35)28-18-12-20-21(31-25(39-20)32-7-9-37-10-8-32)30-22(18)33-6-2-4-26(36,14-33)15-34/h3,5,11-13,24,29,34,36H,2,4,6-10,14-15H2,1H3,(H,28,35). The highest BCUT2D eigenvalue weighted by molar-refractivity contribution is 6.05. The number of nitrogens with zero attached hydrogens (tertiary/aromatic N) is 5. The first-order valence-electron chi connectivity index (χ1n) is 13.0. The molecule has 3 aromatic heterocycles. The topological polar surface area (TPSA) is 158 Å². The molecule has 0 spiro atoms. The number of aromatic nitrogens is 3. The fourth-order valence-electron chi connectivity index (χ4n) is 5.03. The van der Waals surface area contributed by atoms with Crippen molar-refractivity contribution in [3.05, 3.63) is 47.6 Å². The van der Waals surface area contributed by atoms with E-state index in [1.54, 1.807) is 12.3 Å². The summed E-state index contributed by atoms with van der Waals surface area (Å²) in [7, 11) is 0. The number of oxazole rings is 1. The lowest BCUT2D eigenvalue weighted by molar-refractivity contribution is -0.113. The molecule has 2 saturated heterocycles. The molecular weight excluding hydrogens is 506 g/mol. The summed E-state index contributed by atoms with van der Waals surface area (Å²) in [6.45, 7) is 4.72. The second-order valence-corrected chi connectivity index (χ2v) is 10.1. The maximum atomic E-state index is 13.3. The van der Waals surface area contributed by atoms with E-state index in [9.17, 15) is 15.0 Å². The molecule has 13 nitrogen and oxygen atoms in total. The van der Waals surface area contributed by atoms with Crippen LogP contribution in [0.3, 0.4) is 0 Å². The molecule has 0 aliphatic carbocycles. The average Bonchev–Trinajstić information content (AvgIpc) is 3.61. The van der Waals surface area contributed by atoms with Crippen molar-refractivity contribution in [2.75, 3.05) is 61.1 Å². The van der Waals surface area contributed by atoms with Crippen LogP contribution >= 0.6 is 0 Å². The number of hydrogen-bond donors (Lipinski definition) is 4. The van der Waals surface area contributed by atoms with E-state index in [1.165, 1.54) is 6.26 Å². The van der Waals surface area contributed by atoms with Crippen molar-refractivity contribution in [2.24, 2.45) is 0 Å². The molecule has 0 bridgehead atoms. The minimum atomic E-state index is -1.27. The second-order valence-electron chi connectivity index (χ2n) is 10.1. The van der Waals surface area contributed by atoms with Gasteiger partial charge < -0.3 is 44.5 Å². The predicted molar refractivity (Wildman–Crippen MR) is 141 cm³/mol. The third-order valence-electron chi connectivity index (χ3n) is 7.11. The summed E-state index contributed by atoms with van der Waals surface area (Å²) in [6, 6.07) is 5.84. The zero-order valence-corrected chi connectivity index (χ0v) is 21.6. The first-order chi connectivity index (χ1) is 18.9. The van der Waals surface area contributed by atoms with Gasteiger partial charge in [-0.3, -0.25) is 9.78 Å². The Bertz CT molecular complexity index is 1400. The summed E-state index contributed by atoms with van der Waals surface area (Å²) in [5.74, 6) is 0.0121. The van der Waals surface area contributed by atoms with E-state index in [-0.39, 0.29) is 18.8 Å². The summed E-state index contributed by atoms with van der Waals surface area (Å²) in [5, 5.41) is 26.6. The number of aliphatic hydroxyl groups excluding tert-OH is 1. The van der Waals surface area contributed by atoms with Crippen LogP contribution in [0.1, 0.15) is 30.3 Å². The zero-order chi connectivity index (χ0) is 27.0. The number of aliphatic hydroxyl groups is 2. The number of hydrogen-bond acceptors (Lipinski definition) is 12. The number of rotatable bonds is 6. The van der Waals surface area contributed by atoms with Gasteiger partial charge in [0.05, 0.1) is 32.1 Å². The summed E-state index contributed by atoms with van der Waals surface area (Å²) < 4.78 is 17.2. The first kappa shape index (κ1) is 25.3. The molecule has 13 heteroatoms. The monoisotopic (exact) mass is 537 g/mol. The Morgan fingerprint density at radius 1 is 1.23 bits per heavy atom.